The van der Waals surface area contributed by atoms with Crippen LogP contribution in [0.4, 0.5) is 4.39 Å². The van der Waals surface area contributed by atoms with Gasteiger partial charge in [0.1, 0.15) is 21.8 Å². The minimum atomic E-state index is -3.87. The van der Waals surface area contributed by atoms with E-state index >= 15 is 0 Å². The molecule has 9 heteroatoms. The Morgan fingerprint density at radius 3 is 2.59 bits per heavy atom. The molecule has 1 aliphatic rings. The molecule has 0 radical (unpaired) electrons. The standard InChI is InChI=1S/C18H19ClFN3O3S/c1-11(13-6-4-5-7-14(13)20)22-17-23-27(24,25)16(18(2,3)26-17)12-8-9-15(19)21-10-12/h4-11,16H,1-3H3,(H,22,23). The van der Waals surface area contributed by atoms with Crippen molar-refractivity contribution in [2.45, 2.75) is 37.7 Å². The molecule has 1 aromatic carbocycles. The average Bonchev–Trinajstić information content (AvgIpc) is 2.55. The highest BCUT2D eigenvalue weighted by molar-refractivity contribution is 7.90. The quantitative estimate of drug-likeness (QED) is 0.780. The van der Waals surface area contributed by atoms with Gasteiger partial charge in [-0.05, 0) is 38.5 Å². The van der Waals surface area contributed by atoms with Crippen LogP contribution in [0.5, 0.6) is 0 Å². The number of nitrogens with zero attached hydrogens (tertiary/aromatic N) is 2. The summed E-state index contributed by atoms with van der Waals surface area (Å²) >= 11 is 5.79. The van der Waals surface area contributed by atoms with Gasteiger partial charge in [-0.1, -0.05) is 35.9 Å². The third-order valence-electron chi connectivity index (χ3n) is 4.25. The Morgan fingerprint density at radius 2 is 2.00 bits per heavy atom. The van der Waals surface area contributed by atoms with Crippen LogP contribution in [0, 0.1) is 5.82 Å². The molecular weight excluding hydrogens is 393 g/mol. The van der Waals surface area contributed by atoms with Gasteiger partial charge in [-0.3, -0.25) is 0 Å². The summed E-state index contributed by atoms with van der Waals surface area (Å²) < 4.78 is 47.9. The molecule has 2 atom stereocenters. The maximum absolute atomic E-state index is 13.9. The van der Waals surface area contributed by atoms with E-state index in [1.165, 1.54) is 18.3 Å². The molecule has 27 heavy (non-hydrogen) atoms. The Hall–Kier alpha value is -2.19. The molecule has 0 aliphatic carbocycles. The fourth-order valence-electron chi connectivity index (χ4n) is 3.11. The van der Waals surface area contributed by atoms with Crippen LogP contribution < -0.4 is 4.72 Å². The number of amidine groups is 1. The molecule has 1 fully saturated rings. The lowest BCUT2D eigenvalue weighted by molar-refractivity contribution is 0.0760. The van der Waals surface area contributed by atoms with Crippen molar-refractivity contribution in [2.75, 3.05) is 0 Å². The van der Waals surface area contributed by atoms with Crippen molar-refractivity contribution in [2.24, 2.45) is 4.99 Å². The van der Waals surface area contributed by atoms with E-state index < -0.39 is 32.7 Å². The number of hydrogen-bond donors (Lipinski definition) is 1. The maximum Gasteiger partial charge on any atom is 0.299 e. The van der Waals surface area contributed by atoms with E-state index in [9.17, 15) is 12.8 Å². The second-order valence-electron chi connectivity index (χ2n) is 6.78. The zero-order chi connectivity index (χ0) is 19.8. The summed E-state index contributed by atoms with van der Waals surface area (Å²) in [4.78, 5) is 8.18. The molecule has 2 unspecified atom stereocenters. The molecule has 0 amide bonds. The number of pyridine rings is 1. The van der Waals surface area contributed by atoms with Crippen LogP contribution in [-0.2, 0) is 14.8 Å². The largest absolute Gasteiger partial charge is 0.457 e. The molecule has 2 heterocycles. The van der Waals surface area contributed by atoms with Crippen LogP contribution >= 0.6 is 11.6 Å². The van der Waals surface area contributed by atoms with Crippen LogP contribution in [0.1, 0.15) is 43.2 Å². The lowest BCUT2D eigenvalue weighted by Gasteiger charge is -2.39. The van der Waals surface area contributed by atoms with Gasteiger partial charge in [0, 0.05) is 11.8 Å². The first-order chi connectivity index (χ1) is 12.6. The third kappa shape index (κ3) is 4.06. The Balaban J connectivity index is 1.94. The minimum Gasteiger partial charge on any atom is -0.457 e. The number of nitrogens with one attached hydrogen (secondary N) is 1. The van der Waals surface area contributed by atoms with Crippen molar-refractivity contribution < 1.29 is 17.5 Å². The molecule has 1 aromatic heterocycles. The van der Waals surface area contributed by atoms with Crippen molar-refractivity contribution in [3.63, 3.8) is 0 Å². The first-order valence-electron chi connectivity index (χ1n) is 8.24. The zero-order valence-corrected chi connectivity index (χ0v) is 16.6. The lowest BCUT2D eigenvalue weighted by atomic mass is 9.99. The number of benzene rings is 1. The van der Waals surface area contributed by atoms with Crippen LogP contribution in [0.3, 0.4) is 0 Å². The summed E-state index contributed by atoms with van der Waals surface area (Å²) in [5.41, 5.74) is -0.347. The van der Waals surface area contributed by atoms with E-state index in [1.807, 2.05) is 0 Å². The van der Waals surface area contributed by atoms with Gasteiger partial charge < -0.3 is 4.74 Å². The number of rotatable bonds is 3. The first kappa shape index (κ1) is 19.6. The summed E-state index contributed by atoms with van der Waals surface area (Å²) in [6, 6.07) is 8.49. The molecule has 0 spiro atoms. The topological polar surface area (TPSA) is 80.7 Å². The van der Waals surface area contributed by atoms with Gasteiger partial charge in [0.05, 0.1) is 6.04 Å². The summed E-state index contributed by atoms with van der Waals surface area (Å²) in [7, 11) is -3.87. The zero-order valence-electron chi connectivity index (χ0n) is 15.0. The Labute approximate surface area is 162 Å². The van der Waals surface area contributed by atoms with E-state index in [2.05, 4.69) is 14.7 Å². The van der Waals surface area contributed by atoms with Gasteiger partial charge in [-0.25, -0.2) is 27.5 Å². The van der Waals surface area contributed by atoms with Gasteiger partial charge in [-0.15, -0.1) is 0 Å². The van der Waals surface area contributed by atoms with E-state index in [0.717, 1.165) is 0 Å². The van der Waals surface area contributed by atoms with Crippen molar-refractivity contribution in [1.29, 1.82) is 0 Å². The predicted octanol–water partition coefficient (Wildman–Crippen LogP) is 3.76. The number of sulfonamides is 1. The van der Waals surface area contributed by atoms with Gasteiger partial charge in [-0.2, -0.15) is 0 Å². The second kappa shape index (κ2) is 7.09. The first-order valence-corrected chi connectivity index (χ1v) is 10.2. The summed E-state index contributed by atoms with van der Waals surface area (Å²) in [5, 5.41) is -0.753. The number of hydrogen-bond acceptors (Lipinski definition) is 5. The monoisotopic (exact) mass is 411 g/mol. The molecule has 1 N–H and O–H groups in total. The Morgan fingerprint density at radius 1 is 1.30 bits per heavy atom. The van der Waals surface area contributed by atoms with E-state index in [4.69, 9.17) is 16.3 Å². The average molecular weight is 412 g/mol. The van der Waals surface area contributed by atoms with Crippen LogP contribution in [0.25, 0.3) is 0 Å². The Kier molecular flexibility index (Phi) is 5.14. The molecular formula is C18H19ClFN3O3S. The second-order valence-corrected chi connectivity index (χ2v) is 8.93. The van der Waals surface area contributed by atoms with Crippen LogP contribution in [-0.4, -0.2) is 25.0 Å². The summed E-state index contributed by atoms with van der Waals surface area (Å²) in [6.45, 7) is 4.95. The van der Waals surface area contributed by atoms with Crippen molar-refractivity contribution in [3.05, 3.63) is 64.7 Å². The van der Waals surface area contributed by atoms with E-state index in [0.29, 0.717) is 11.1 Å². The molecule has 6 nitrogen and oxygen atoms in total. The highest BCUT2D eigenvalue weighted by Gasteiger charge is 2.48. The van der Waals surface area contributed by atoms with Gasteiger partial charge in [0.15, 0.2) is 0 Å². The molecule has 144 valence electrons. The number of ether oxygens (including phenoxy) is 1. The van der Waals surface area contributed by atoms with E-state index in [1.54, 1.807) is 45.0 Å². The number of halogens is 2. The third-order valence-corrected chi connectivity index (χ3v) is 6.39. The maximum atomic E-state index is 13.9. The normalized spacial score (nSPS) is 23.3. The number of aromatic nitrogens is 1. The smallest absolute Gasteiger partial charge is 0.299 e. The highest BCUT2D eigenvalue weighted by atomic mass is 35.5. The predicted molar refractivity (Wildman–Crippen MR) is 101 cm³/mol. The molecule has 0 bridgehead atoms. The Bertz CT molecular complexity index is 978. The van der Waals surface area contributed by atoms with Gasteiger partial charge in [0.2, 0.25) is 10.0 Å². The lowest BCUT2D eigenvalue weighted by Crippen LogP contribution is -2.53. The van der Waals surface area contributed by atoms with Gasteiger partial charge in [0.25, 0.3) is 6.02 Å². The molecule has 1 aliphatic heterocycles. The molecule has 3 rings (SSSR count). The highest BCUT2D eigenvalue weighted by Crippen LogP contribution is 2.38. The van der Waals surface area contributed by atoms with Crippen LogP contribution in [0.2, 0.25) is 5.15 Å². The SMILES string of the molecule is CC(N=C1NS(=O)(=O)C(c2ccc(Cl)nc2)C(C)(C)O1)c1ccccc1F. The molecule has 2 aromatic rings. The molecule has 1 saturated heterocycles. The van der Waals surface area contributed by atoms with E-state index in [-0.39, 0.29) is 11.2 Å². The summed E-state index contributed by atoms with van der Waals surface area (Å²) in [5.74, 6) is -0.419. The number of aliphatic imine (C=N–C) groups is 1. The molecule has 0 saturated carbocycles. The fourth-order valence-corrected chi connectivity index (χ4v) is 4.97. The van der Waals surface area contributed by atoms with Crippen LogP contribution in [0.15, 0.2) is 47.6 Å². The van der Waals surface area contributed by atoms with Crippen molar-refractivity contribution in [1.82, 2.24) is 9.71 Å². The van der Waals surface area contributed by atoms with Crippen molar-refractivity contribution >= 4 is 27.6 Å². The van der Waals surface area contributed by atoms with Gasteiger partial charge >= 0.3 is 0 Å². The minimum absolute atomic E-state index is 0.172. The fraction of sp³-hybridized carbons (Fsp3) is 0.333. The summed E-state index contributed by atoms with van der Waals surface area (Å²) in [6.07, 6.45) is 1.40. The van der Waals surface area contributed by atoms with Crippen molar-refractivity contribution in [3.8, 4) is 0 Å².